The lowest BCUT2D eigenvalue weighted by Crippen LogP contribution is -2.39. The van der Waals surface area contributed by atoms with E-state index in [1.54, 1.807) is 0 Å². The summed E-state index contributed by atoms with van der Waals surface area (Å²) in [6, 6.07) is 1.08. The molecule has 1 aliphatic rings. The molecule has 1 aromatic heterocycles. The molecular weight excluding hydrogens is 274 g/mol. The first kappa shape index (κ1) is 15.2. The first-order valence-electron chi connectivity index (χ1n) is 6.99. The third kappa shape index (κ3) is 3.12. The molecule has 114 valence electrons. The molecule has 1 aliphatic heterocycles. The van der Waals surface area contributed by atoms with Crippen LogP contribution >= 0.6 is 0 Å². The molecule has 0 atom stereocenters. The van der Waals surface area contributed by atoms with Gasteiger partial charge >= 0.3 is 5.97 Å². The third-order valence-electron chi connectivity index (χ3n) is 4.42. The van der Waals surface area contributed by atoms with Crippen LogP contribution in [0.4, 0.5) is 11.5 Å². The Bertz CT molecular complexity index is 565. The molecule has 2 rings (SSSR count). The average molecular weight is 293 g/mol. The Morgan fingerprint density at radius 1 is 1.52 bits per heavy atom. The fourth-order valence-electron chi connectivity index (χ4n) is 2.57. The van der Waals surface area contributed by atoms with Gasteiger partial charge in [-0.2, -0.15) is 0 Å². The zero-order valence-corrected chi connectivity index (χ0v) is 12.2. The fourth-order valence-corrected chi connectivity index (χ4v) is 2.57. The summed E-state index contributed by atoms with van der Waals surface area (Å²) in [6.07, 6.45) is 4.12. The normalized spacial score (nSPS) is 17.5. The number of aromatic nitrogens is 1. The SMILES string of the molecule is CCC1(C)CCN(c2ncc([N+](=O)[O-])cc2C(=O)O)CC1. The molecule has 0 aromatic carbocycles. The number of piperidine rings is 1. The van der Waals surface area contributed by atoms with E-state index in [0.717, 1.165) is 44.6 Å². The predicted molar refractivity (Wildman–Crippen MR) is 77.7 cm³/mol. The van der Waals surface area contributed by atoms with Gasteiger partial charge in [-0.05, 0) is 18.3 Å². The van der Waals surface area contributed by atoms with Gasteiger partial charge in [-0.1, -0.05) is 20.3 Å². The molecule has 1 N–H and O–H groups in total. The van der Waals surface area contributed by atoms with Gasteiger partial charge < -0.3 is 10.0 Å². The van der Waals surface area contributed by atoms with E-state index in [0.29, 0.717) is 5.82 Å². The number of hydrogen-bond donors (Lipinski definition) is 1. The van der Waals surface area contributed by atoms with Crippen LogP contribution in [0.5, 0.6) is 0 Å². The van der Waals surface area contributed by atoms with Crippen molar-refractivity contribution in [1.29, 1.82) is 0 Å². The summed E-state index contributed by atoms with van der Waals surface area (Å²) in [6.45, 7) is 5.82. The van der Waals surface area contributed by atoms with Gasteiger partial charge in [0, 0.05) is 19.2 Å². The van der Waals surface area contributed by atoms with Crippen LogP contribution < -0.4 is 4.90 Å². The largest absolute Gasteiger partial charge is 0.478 e. The van der Waals surface area contributed by atoms with Gasteiger partial charge in [0.05, 0.1) is 4.92 Å². The number of carboxylic acids is 1. The number of nitrogens with zero attached hydrogens (tertiary/aromatic N) is 3. The predicted octanol–water partition coefficient (Wildman–Crippen LogP) is 2.70. The molecule has 1 fully saturated rings. The van der Waals surface area contributed by atoms with E-state index >= 15 is 0 Å². The molecular formula is C14H19N3O4. The lowest BCUT2D eigenvalue weighted by Gasteiger charge is -2.39. The Balaban J connectivity index is 2.28. The lowest BCUT2D eigenvalue weighted by molar-refractivity contribution is -0.385. The molecule has 0 unspecified atom stereocenters. The molecule has 0 bridgehead atoms. The molecule has 1 saturated heterocycles. The first-order chi connectivity index (χ1) is 9.86. The first-order valence-corrected chi connectivity index (χ1v) is 6.99. The maximum atomic E-state index is 11.3. The number of anilines is 1. The zero-order chi connectivity index (χ0) is 15.6. The van der Waals surface area contributed by atoms with Crippen LogP contribution in [0.1, 0.15) is 43.5 Å². The molecule has 7 nitrogen and oxygen atoms in total. The minimum atomic E-state index is -1.19. The van der Waals surface area contributed by atoms with Gasteiger partial charge in [-0.15, -0.1) is 0 Å². The van der Waals surface area contributed by atoms with Crippen LogP contribution in [0.25, 0.3) is 0 Å². The van der Waals surface area contributed by atoms with Crippen molar-refractivity contribution in [2.45, 2.75) is 33.1 Å². The summed E-state index contributed by atoms with van der Waals surface area (Å²) in [5.74, 6) is -0.865. The Labute approximate surface area is 122 Å². The van der Waals surface area contributed by atoms with Crippen LogP contribution in [0.3, 0.4) is 0 Å². The minimum Gasteiger partial charge on any atom is -0.478 e. The van der Waals surface area contributed by atoms with Crippen molar-refractivity contribution in [3.63, 3.8) is 0 Å². The van der Waals surface area contributed by atoms with Crippen LogP contribution in [0.15, 0.2) is 12.3 Å². The minimum absolute atomic E-state index is 0.107. The van der Waals surface area contributed by atoms with Crippen molar-refractivity contribution in [2.24, 2.45) is 5.41 Å². The van der Waals surface area contributed by atoms with Gasteiger partial charge in [0.25, 0.3) is 5.69 Å². The van der Waals surface area contributed by atoms with Gasteiger partial charge in [-0.3, -0.25) is 10.1 Å². The number of carbonyl (C=O) groups is 1. The number of nitro groups is 1. The van der Waals surface area contributed by atoms with Crippen LogP contribution in [0, 0.1) is 15.5 Å². The van der Waals surface area contributed by atoms with Crippen LogP contribution in [0.2, 0.25) is 0 Å². The number of carboxylic acid groups (broad SMARTS) is 1. The fraction of sp³-hybridized carbons (Fsp3) is 0.571. The third-order valence-corrected chi connectivity index (χ3v) is 4.42. The van der Waals surface area contributed by atoms with Gasteiger partial charge in [0.1, 0.15) is 17.6 Å². The quantitative estimate of drug-likeness (QED) is 0.677. The van der Waals surface area contributed by atoms with Crippen molar-refractivity contribution in [3.8, 4) is 0 Å². The number of pyridine rings is 1. The summed E-state index contributed by atoms with van der Waals surface area (Å²) >= 11 is 0. The molecule has 0 aliphatic carbocycles. The molecule has 2 heterocycles. The average Bonchev–Trinajstić information content (AvgIpc) is 2.47. The van der Waals surface area contributed by atoms with Crippen molar-refractivity contribution in [2.75, 3.05) is 18.0 Å². The van der Waals surface area contributed by atoms with Crippen molar-refractivity contribution in [1.82, 2.24) is 4.98 Å². The summed E-state index contributed by atoms with van der Waals surface area (Å²) < 4.78 is 0. The van der Waals surface area contributed by atoms with Crippen molar-refractivity contribution in [3.05, 3.63) is 27.9 Å². The smallest absolute Gasteiger partial charge is 0.339 e. The van der Waals surface area contributed by atoms with Crippen LogP contribution in [-0.4, -0.2) is 34.1 Å². The maximum Gasteiger partial charge on any atom is 0.339 e. The summed E-state index contributed by atoms with van der Waals surface area (Å²) in [5.41, 5.74) is -0.128. The van der Waals surface area contributed by atoms with Crippen molar-refractivity contribution >= 4 is 17.5 Å². The molecule has 7 heteroatoms. The lowest BCUT2D eigenvalue weighted by atomic mass is 9.78. The highest BCUT2D eigenvalue weighted by atomic mass is 16.6. The van der Waals surface area contributed by atoms with E-state index in [4.69, 9.17) is 0 Å². The second kappa shape index (κ2) is 5.67. The zero-order valence-electron chi connectivity index (χ0n) is 12.2. The van der Waals surface area contributed by atoms with E-state index < -0.39 is 10.9 Å². The van der Waals surface area contributed by atoms with E-state index in [-0.39, 0.29) is 16.7 Å². The van der Waals surface area contributed by atoms with Gasteiger partial charge in [0.15, 0.2) is 0 Å². The molecule has 0 saturated carbocycles. The molecule has 0 amide bonds. The topological polar surface area (TPSA) is 96.6 Å². The van der Waals surface area contributed by atoms with E-state index in [1.807, 2.05) is 4.90 Å². The second-order valence-electron chi connectivity index (χ2n) is 5.78. The van der Waals surface area contributed by atoms with Crippen molar-refractivity contribution < 1.29 is 14.8 Å². The van der Waals surface area contributed by atoms with E-state index in [9.17, 15) is 20.0 Å². The van der Waals surface area contributed by atoms with Crippen LogP contribution in [-0.2, 0) is 0 Å². The number of hydrogen-bond acceptors (Lipinski definition) is 5. The highest BCUT2D eigenvalue weighted by Crippen LogP contribution is 2.36. The molecule has 1 aromatic rings. The Morgan fingerprint density at radius 2 is 2.14 bits per heavy atom. The monoisotopic (exact) mass is 293 g/mol. The van der Waals surface area contributed by atoms with Gasteiger partial charge in [-0.25, -0.2) is 9.78 Å². The van der Waals surface area contributed by atoms with E-state index in [2.05, 4.69) is 18.8 Å². The molecule has 0 spiro atoms. The number of aromatic carboxylic acids is 1. The Morgan fingerprint density at radius 3 is 2.62 bits per heavy atom. The summed E-state index contributed by atoms with van der Waals surface area (Å²) in [7, 11) is 0. The highest BCUT2D eigenvalue weighted by Gasteiger charge is 2.31. The van der Waals surface area contributed by atoms with Gasteiger partial charge in [0.2, 0.25) is 0 Å². The van der Waals surface area contributed by atoms with E-state index in [1.165, 1.54) is 0 Å². The standard InChI is InChI=1S/C14H19N3O4/c1-3-14(2)4-6-16(7-5-14)12-11(13(18)19)8-10(9-15-12)17(20)21/h8-9H,3-7H2,1-2H3,(H,18,19). The Hall–Kier alpha value is -2.18. The maximum absolute atomic E-state index is 11.3. The summed E-state index contributed by atoms with van der Waals surface area (Å²) in [5, 5.41) is 20.0. The molecule has 21 heavy (non-hydrogen) atoms. The number of rotatable bonds is 4. The molecule has 0 radical (unpaired) electrons. The highest BCUT2D eigenvalue weighted by molar-refractivity contribution is 5.94. The summed E-state index contributed by atoms with van der Waals surface area (Å²) in [4.78, 5) is 27.4. The Kier molecular flexibility index (Phi) is 4.11. The second-order valence-corrected chi connectivity index (χ2v) is 5.78.